The minimum absolute atomic E-state index is 0.0180. The van der Waals surface area contributed by atoms with E-state index < -0.39 is 16.6 Å². The van der Waals surface area contributed by atoms with E-state index in [1.54, 1.807) is 24.3 Å². The number of aromatic nitrogens is 2. The molecular weight excluding hydrogens is 398 g/mol. The molecule has 11 nitrogen and oxygen atoms in total. The second-order valence-electron chi connectivity index (χ2n) is 6.06. The summed E-state index contributed by atoms with van der Waals surface area (Å²) < 4.78 is 26.2. The van der Waals surface area contributed by atoms with Crippen LogP contribution in [-0.2, 0) is 11.3 Å². The van der Waals surface area contributed by atoms with E-state index in [4.69, 9.17) is 23.5 Å². The molecule has 2 heterocycles. The maximum absolute atomic E-state index is 12.5. The van der Waals surface area contributed by atoms with Gasteiger partial charge < -0.3 is 23.5 Å². The highest BCUT2D eigenvalue weighted by Gasteiger charge is 2.28. The maximum atomic E-state index is 12.5. The Balaban J connectivity index is 1.52. The average Bonchev–Trinajstić information content (AvgIpc) is 3.25. The van der Waals surface area contributed by atoms with Crippen molar-refractivity contribution in [1.29, 1.82) is 0 Å². The minimum atomic E-state index is -0.935. The van der Waals surface area contributed by atoms with Crippen LogP contribution in [0.25, 0.3) is 11.4 Å². The van der Waals surface area contributed by atoms with Gasteiger partial charge in [0.05, 0.1) is 23.7 Å². The fraction of sp³-hybridized carbons (Fsp3) is 0.211. The van der Waals surface area contributed by atoms with E-state index in [0.29, 0.717) is 11.3 Å². The van der Waals surface area contributed by atoms with Crippen LogP contribution in [0.2, 0.25) is 0 Å². The predicted molar refractivity (Wildman–Crippen MR) is 99.5 cm³/mol. The lowest BCUT2D eigenvalue weighted by Crippen LogP contribution is -2.17. The van der Waals surface area contributed by atoms with Gasteiger partial charge >= 0.3 is 5.97 Å². The van der Waals surface area contributed by atoms with Gasteiger partial charge in [0.25, 0.3) is 11.6 Å². The zero-order valence-electron chi connectivity index (χ0n) is 15.7. The van der Waals surface area contributed by atoms with Crippen molar-refractivity contribution in [3.8, 4) is 28.6 Å². The van der Waals surface area contributed by atoms with Gasteiger partial charge in [0.1, 0.15) is 24.5 Å². The molecule has 0 aliphatic carbocycles. The Morgan fingerprint density at radius 1 is 1.20 bits per heavy atom. The highest BCUT2D eigenvalue weighted by atomic mass is 16.6. The molecule has 0 spiro atoms. The van der Waals surface area contributed by atoms with E-state index in [1.165, 1.54) is 13.2 Å². The van der Waals surface area contributed by atoms with Crippen LogP contribution in [-0.4, -0.2) is 41.4 Å². The Bertz CT molecular complexity index is 1110. The Morgan fingerprint density at radius 2 is 1.93 bits per heavy atom. The molecule has 30 heavy (non-hydrogen) atoms. The van der Waals surface area contributed by atoms with E-state index in [9.17, 15) is 14.9 Å². The van der Waals surface area contributed by atoms with Crippen molar-refractivity contribution in [3.05, 3.63) is 58.0 Å². The molecule has 0 saturated heterocycles. The van der Waals surface area contributed by atoms with Crippen molar-refractivity contribution in [2.75, 3.05) is 20.3 Å². The lowest BCUT2D eigenvalue weighted by molar-refractivity contribution is -0.385. The molecule has 2 aromatic carbocycles. The van der Waals surface area contributed by atoms with Crippen LogP contribution in [0.3, 0.4) is 0 Å². The lowest BCUT2D eigenvalue weighted by atomic mass is 10.1. The number of fused-ring (bicyclic) bond motifs is 1. The Morgan fingerprint density at radius 3 is 2.67 bits per heavy atom. The molecule has 4 rings (SSSR count). The number of esters is 1. The van der Waals surface area contributed by atoms with E-state index in [0.717, 1.165) is 6.07 Å². The number of rotatable bonds is 6. The van der Waals surface area contributed by atoms with Crippen molar-refractivity contribution >= 4 is 11.7 Å². The number of methoxy groups -OCH3 is 1. The van der Waals surface area contributed by atoms with Gasteiger partial charge in [-0.3, -0.25) is 10.1 Å². The summed E-state index contributed by atoms with van der Waals surface area (Å²) in [6.07, 6.45) is 0. The summed E-state index contributed by atoms with van der Waals surface area (Å²) in [6, 6.07) is 9.44. The van der Waals surface area contributed by atoms with Gasteiger partial charge in [-0.25, -0.2) is 4.79 Å². The number of nitro groups is 1. The van der Waals surface area contributed by atoms with E-state index in [-0.39, 0.29) is 48.6 Å². The summed E-state index contributed by atoms with van der Waals surface area (Å²) in [7, 11) is 1.52. The van der Waals surface area contributed by atoms with Crippen LogP contribution in [0.1, 0.15) is 16.2 Å². The number of carbonyl (C=O) groups is 1. The molecule has 1 aliphatic rings. The van der Waals surface area contributed by atoms with Crippen molar-refractivity contribution in [2.45, 2.75) is 6.61 Å². The molecule has 154 valence electrons. The Kier molecular flexibility index (Phi) is 5.16. The van der Waals surface area contributed by atoms with Crippen LogP contribution in [0.15, 0.2) is 40.9 Å². The number of nitrogens with zero attached hydrogens (tertiary/aromatic N) is 3. The van der Waals surface area contributed by atoms with Crippen molar-refractivity contribution < 1.29 is 33.2 Å². The van der Waals surface area contributed by atoms with Crippen LogP contribution in [0, 0.1) is 10.1 Å². The highest BCUT2D eigenvalue weighted by molar-refractivity contribution is 5.95. The first-order valence-corrected chi connectivity index (χ1v) is 8.78. The third-order valence-electron chi connectivity index (χ3n) is 4.22. The van der Waals surface area contributed by atoms with Gasteiger partial charge in [-0.15, -0.1) is 0 Å². The Labute approximate surface area is 169 Å². The monoisotopic (exact) mass is 413 g/mol. The molecule has 0 radical (unpaired) electrons. The zero-order chi connectivity index (χ0) is 21.1. The van der Waals surface area contributed by atoms with E-state index >= 15 is 0 Å². The van der Waals surface area contributed by atoms with Gasteiger partial charge in [0.2, 0.25) is 5.82 Å². The first-order valence-electron chi connectivity index (χ1n) is 8.78. The highest BCUT2D eigenvalue weighted by Crippen LogP contribution is 2.37. The molecule has 1 aromatic heterocycles. The molecule has 1 aliphatic heterocycles. The maximum Gasteiger partial charge on any atom is 0.345 e. The molecule has 0 saturated carbocycles. The first kappa shape index (κ1) is 19.2. The van der Waals surface area contributed by atoms with Crippen molar-refractivity contribution in [2.24, 2.45) is 0 Å². The minimum Gasteiger partial charge on any atom is -0.496 e. The summed E-state index contributed by atoms with van der Waals surface area (Å²) in [6.45, 7) is 0.166. The average molecular weight is 413 g/mol. The van der Waals surface area contributed by atoms with Gasteiger partial charge in [-0.1, -0.05) is 17.3 Å². The fourth-order valence-corrected chi connectivity index (χ4v) is 2.85. The van der Waals surface area contributed by atoms with Crippen molar-refractivity contribution in [1.82, 2.24) is 10.1 Å². The van der Waals surface area contributed by atoms with Crippen LogP contribution >= 0.6 is 0 Å². The first-order chi connectivity index (χ1) is 14.6. The van der Waals surface area contributed by atoms with Gasteiger partial charge in [0, 0.05) is 6.07 Å². The number of ether oxygens (including phenoxy) is 4. The summed E-state index contributed by atoms with van der Waals surface area (Å²) in [5.41, 5.74) is -0.123. The summed E-state index contributed by atoms with van der Waals surface area (Å²) in [5, 5.41) is 15.2. The number of benzene rings is 2. The summed E-state index contributed by atoms with van der Waals surface area (Å²) in [5.74, 6) is 0.315. The smallest absolute Gasteiger partial charge is 0.345 e. The third kappa shape index (κ3) is 3.72. The van der Waals surface area contributed by atoms with Crippen LogP contribution in [0.4, 0.5) is 5.69 Å². The van der Waals surface area contributed by atoms with E-state index in [1.807, 2.05) is 0 Å². The standard InChI is InChI=1S/C19H15N3O8/c1-26-14-5-3-2-4-11(14)18-20-17(30-21-18)10-29-19(23)12-8-15-16(28-7-6-27-15)9-13(12)22(24)25/h2-5,8-9H,6-7,10H2,1H3. The normalized spacial score (nSPS) is 12.3. The van der Waals surface area contributed by atoms with Crippen LogP contribution < -0.4 is 14.2 Å². The van der Waals surface area contributed by atoms with Gasteiger partial charge in [-0.05, 0) is 12.1 Å². The largest absolute Gasteiger partial charge is 0.496 e. The summed E-state index contributed by atoms with van der Waals surface area (Å²) in [4.78, 5) is 27.3. The molecule has 0 bridgehead atoms. The fourth-order valence-electron chi connectivity index (χ4n) is 2.85. The molecule has 3 aromatic rings. The SMILES string of the molecule is COc1ccccc1-c1noc(COC(=O)c2cc3c(cc2[N+](=O)[O-])OCCO3)n1. The second kappa shape index (κ2) is 8.07. The predicted octanol–water partition coefficient (Wildman–Crippen LogP) is 2.78. The number of para-hydroxylation sites is 1. The quantitative estimate of drug-likeness (QED) is 0.337. The number of hydrogen-bond acceptors (Lipinski definition) is 10. The molecule has 11 heteroatoms. The zero-order valence-corrected chi connectivity index (χ0v) is 15.7. The van der Waals surface area contributed by atoms with Gasteiger partial charge in [0.15, 0.2) is 18.1 Å². The summed E-state index contributed by atoms with van der Waals surface area (Å²) >= 11 is 0. The third-order valence-corrected chi connectivity index (χ3v) is 4.22. The second-order valence-corrected chi connectivity index (χ2v) is 6.06. The van der Waals surface area contributed by atoms with Crippen molar-refractivity contribution in [3.63, 3.8) is 0 Å². The molecule has 0 N–H and O–H groups in total. The number of hydrogen-bond donors (Lipinski definition) is 0. The molecule has 0 amide bonds. The Hall–Kier alpha value is -4.15. The van der Waals surface area contributed by atoms with Gasteiger partial charge in [-0.2, -0.15) is 4.98 Å². The lowest BCUT2D eigenvalue weighted by Gasteiger charge is -2.18. The molecule has 0 unspecified atom stereocenters. The van der Waals surface area contributed by atoms with Crippen LogP contribution in [0.5, 0.6) is 17.2 Å². The molecular formula is C19H15N3O8. The molecule has 0 fully saturated rings. The number of nitro benzene ring substituents is 1. The topological polar surface area (TPSA) is 136 Å². The number of carbonyl (C=O) groups excluding carboxylic acids is 1. The molecule has 0 atom stereocenters. The van der Waals surface area contributed by atoms with E-state index in [2.05, 4.69) is 10.1 Å².